The van der Waals surface area contributed by atoms with E-state index < -0.39 is 0 Å². The molecule has 25 heavy (non-hydrogen) atoms. The Hall–Kier alpha value is -3.41. The van der Waals surface area contributed by atoms with Gasteiger partial charge >= 0.3 is 0 Å². The van der Waals surface area contributed by atoms with Crippen LogP contribution in [0.1, 0.15) is 5.56 Å². The van der Waals surface area contributed by atoms with Crippen LogP contribution in [0.2, 0.25) is 0 Å². The molecule has 4 rings (SSSR count). The van der Waals surface area contributed by atoms with Crippen LogP contribution in [0, 0.1) is 0 Å². The number of rotatable bonds is 5. The van der Waals surface area contributed by atoms with Crippen molar-refractivity contribution >= 4 is 16.7 Å². The number of hydrogen-bond donors (Lipinski definition) is 2. The van der Waals surface area contributed by atoms with Crippen LogP contribution in [0.25, 0.3) is 22.3 Å². The maximum Gasteiger partial charge on any atom is 0.160 e. The second-order valence-electron chi connectivity index (χ2n) is 5.65. The predicted octanol–water partition coefficient (Wildman–Crippen LogP) is 3.64. The minimum Gasteiger partial charge on any atom is -0.495 e. The molecule has 3 aromatic heterocycles. The molecule has 0 bridgehead atoms. The normalized spacial score (nSPS) is 10.8. The Kier molecular flexibility index (Phi) is 4.00. The van der Waals surface area contributed by atoms with E-state index in [0.29, 0.717) is 6.54 Å². The molecule has 3 heterocycles. The Morgan fingerprint density at radius 2 is 2.08 bits per heavy atom. The monoisotopic (exact) mass is 331 g/mol. The lowest BCUT2D eigenvalue weighted by Gasteiger charge is -2.12. The highest BCUT2D eigenvalue weighted by Crippen LogP contribution is 2.31. The van der Waals surface area contributed by atoms with Gasteiger partial charge in [0.15, 0.2) is 5.65 Å². The second-order valence-corrected chi connectivity index (χ2v) is 5.65. The summed E-state index contributed by atoms with van der Waals surface area (Å²) in [6.07, 6.45) is 5.30. The Morgan fingerprint density at radius 1 is 1.12 bits per heavy atom. The largest absolute Gasteiger partial charge is 0.495 e. The van der Waals surface area contributed by atoms with Gasteiger partial charge in [0.1, 0.15) is 5.75 Å². The first-order valence-electron chi connectivity index (χ1n) is 7.95. The summed E-state index contributed by atoms with van der Waals surface area (Å²) < 4.78 is 5.47. The summed E-state index contributed by atoms with van der Waals surface area (Å²) >= 11 is 0. The molecular formula is C19H17N5O. The third kappa shape index (κ3) is 3.14. The first-order chi connectivity index (χ1) is 12.3. The fourth-order valence-corrected chi connectivity index (χ4v) is 2.74. The number of aromatic nitrogens is 4. The van der Waals surface area contributed by atoms with Crippen molar-refractivity contribution < 1.29 is 4.74 Å². The molecule has 2 N–H and O–H groups in total. The molecule has 0 aliphatic rings. The average molecular weight is 331 g/mol. The maximum atomic E-state index is 5.47. The number of benzene rings is 1. The number of ether oxygens (including phenoxy) is 1. The number of pyridine rings is 1. The number of nitrogens with one attached hydrogen (secondary N) is 2. The molecule has 0 atom stereocenters. The third-order valence-electron chi connectivity index (χ3n) is 4.02. The highest BCUT2D eigenvalue weighted by atomic mass is 16.5. The topological polar surface area (TPSA) is 75.7 Å². The zero-order chi connectivity index (χ0) is 17.1. The van der Waals surface area contributed by atoms with Crippen molar-refractivity contribution in [2.45, 2.75) is 6.54 Å². The van der Waals surface area contributed by atoms with Gasteiger partial charge in [-0.25, -0.2) is 0 Å². The van der Waals surface area contributed by atoms with E-state index >= 15 is 0 Å². The van der Waals surface area contributed by atoms with Crippen LogP contribution in [-0.4, -0.2) is 27.3 Å². The molecular weight excluding hydrogens is 314 g/mol. The van der Waals surface area contributed by atoms with Gasteiger partial charge in [0.2, 0.25) is 0 Å². The first-order valence-corrected chi connectivity index (χ1v) is 7.95. The van der Waals surface area contributed by atoms with Crippen molar-refractivity contribution in [3.8, 4) is 17.0 Å². The minimum atomic E-state index is 0.672. The summed E-state index contributed by atoms with van der Waals surface area (Å²) in [5.74, 6) is 0.795. The molecule has 0 fully saturated rings. The molecule has 0 aliphatic carbocycles. The van der Waals surface area contributed by atoms with Crippen LogP contribution in [0.5, 0.6) is 5.75 Å². The van der Waals surface area contributed by atoms with E-state index in [1.807, 2.05) is 36.5 Å². The van der Waals surface area contributed by atoms with Crippen molar-refractivity contribution in [2.75, 3.05) is 12.4 Å². The molecule has 0 saturated heterocycles. The Morgan fingerprint density at radius 3 is 2.88 bits per heavy atom. The molecule has 4 aromatic rings. The van der Waals surface area contributed by atoms with Gasteiger partial charge in [-0.2, -0.15) is 5.10 Å². The van der Waals surface area contributed by atoms with E-state index in [2.05, 4.69) is 37.6 Å². The molecule has 6 nitrogen and oxygen atoms in total. The zero-order valence-corrected chi connectivity index (χ0v) is 13.7. The van der Waals surface area contributed by atoms with Gasteiger partial charge in [-0.05, 0) is 42.0 Å². The summed E-state index contributed by atoms with van der Waals surface area (Å²) in [7, 11) is 1.67. The summed E-state index contributed by atoms with van der Waals surface area (Å²) in [5, 5.41) is 12.5. The van der Waals surface area contributed by atoms with Crippen molar-refractivity contribution in [1.82, 2.24) is 20.2 Å². The molecule has 0 radical (unpaired) electrons. The van der Waals surface area contributed by atoms with Crippen molar-refractivity contribution in [3.63, 3.8) is 0 Å². The third-order valence-corrected chi connectivity index (χ3v) is 4.02. The SMILES string of the molecule is COc1ccc(-c2cc3ccnnc3[nH]2)cc1NCc1cccnc1. The molecule has 1 aromatic carbocycles. The van der Waals surface area contributed by atoms with Gasteiger partial charge in [0, 0.05) is 35.6 Å². The summed E-state index contributed by atoms with van der Waals surface area (Å²) in [4.78, 5) is 7.44. The van der Waals surface area contributed by atoms with E-state index in [-0.39, 0.29) is 0 Å². The Labute approximate surface area is 144 Å². The quantitative estimate of drug-likeness (QED) is 0.584. The summed E-state index contributed by atoms with van der Waals surface area (Å²) in [6.45, 7) is 0.672. The highest BCUT2D eigenvalue weighted by molar-refractivity contribution is 5.83. The van der Waals surface area contributed by atoms with E-state index in [1.54, 1.807) is 19.5 Å². The Balaban J connectivity index is 1.65. The minimum absolute atomic E-state index is 0.672. The lowest BCUT2D eigenvalue weighted by atomic mass is 10.1. The van der Waals surface area contributed by atoms with Gasteiger partial charge in [-0.15, -0.1) is 5.10 Å². The number of H-pyrrole nitrogens is 1. The molecule has 0 amide bonds. The van der Waals surface area contributed by atoms with Gasteiger partial charge in [0.25, 0.3) is 0 Å². The molecule has 6 heteroatoms. The van der Waals surface area contributed by atoms with E-state index in [1.165, 1.54) is 0 Å². The molecule has 0 saturated carbocycles. The van der Waals surface area contributed by atoms with E-state index in [4.69, 9.17) is 4.74 Å². The number of nitrogens with zero attached hydrogens (tertiary/aromatic N) is 3. The van der Waals surface area contributed by atoms with E-state index in [0.717, 1.165) is 39.3 Å². The molecule has 124 valence electrons. The molecule has 0 unspecified atom stereocenters. The van der Waals surface area contributed by atoms with Gasteiger partial charge in [-0.1, -0.05) is 6.07 Å². The predicted molar refractivity (Wildman–Crippen MR) is 97.4 cm³/mol. The summed E-state index contributed by atoms with van der Waals surface area (Å²) in [5.41, 5.74) is 4.85. The van der Waals surface area contributed by atoms with E-state index in [9.17, 15) is 0 Å². The number of methoxy groups -OCH3 is 1. The fourth-order valence-electron chi connectivity index (χ4n) is 2.74. The van der Waals surface area contributed by atoms with Crippen LogP contribution in [0.3, 0.4) is 0 Å². The molecule has 0 spiro atoms. The van der Waals surface area contributed by atoms with Gasteiger partial charge < -0.3 is 15.0 Å². The number of anilines is 1. The Bertz CT molecular complexity index is 964. The maximum absolute atomic E-state index is 5.47. The molecule has 0 aliphatic heterocycles. The summed E-state index contributed by atoms with van der Waals surface area (Å²) in [6, 6.07) is 14.0. The van der Waals surface area contributed by atoms with Crippen molar-refractivity contribution in [2.24, 2.45) is 0 Å². The smallest absolute Gasteiger partial charge is 0.160 e. The lowest BCUT2D eigenvalue weighted by Crippen LogP contribution is -2.02. The number of hydrogen-bond acceptors (Lipinski definition) is 5. The second kappa shape index (κ2) is 6.60. The number of fused-ring (bicyclic) bond motifs is 1. The first kappa shape index (κ1) is 15.1. The van der Waals surface area contributed by atoms with Gasteiger partial charge in [0.05, 0.1) is 19.0 Å². The average Bonchev–Trinajstić information content (AvgIpc) is 3.11. The fraction of sp³-hybridized carbons (Fsp3) is 0.105. The highest BCUT2D eigenvalue weighted by Gasteiger charge is 2.09. The van der Waals surface area contributed by atoms with Crippen LogP contribution in [-0.2, 0) is 6.54 Å². The lowest BCUT2D eigenvalue weighted by molar-refractivity contribution is 0.416. The van der Waals surface area contributed by atoms with Crippen LogP contribution >= 0.6 is 0 Å². The number of aromatic amines is 1. The zero-order valence-electron chi connectivity index (χ0n) is 13.7. The standard InChI is InChI=1S/C19H17N5O/c1-25-18-5-4-14(16-10-15-6-8-22-24-19(15)23-16)9-17(18)21-12-13-3-2-7-20-11-13/h2-11,21H,12H2,1H3,(H,23,24). The van der Waals surface area contributed by atoms with Crippen LogP contribution in [0.4, 0.5) is 5.69 Å². The van der Waals surface area contributed by atoms with Crippen molar-refractivity contribution in [3.05, 3.63) is 66.6 Å². The van der Waals surface area contributed by atoms with Crippen LogP contribution in [0.15, 0.2) is 61.1 Å². The van der Waals surface area contributed by atoms with Gasteiger partial charge in [-0.3, -0.25) is 4.98 Å². The van der Waals surface area contributed by atoms with Crippen LogP contribution < -0.4 is 10.1 Å². The van der Waals surface area contributed by atoms with Crippen molar-refractivity contribution in [1.29, 1.82) is 0 Å².